The van der Waals surface area contributed by atoms with E-state index in [0.717, 1.165) is 35.6 Å². The third-order valence-corrected chi connectivity index (χ3v) is 4.20. The number of anilines is 1. The highest BCUT2D eigenvalue weighted by molar-refractivity contribution is 5.92. The average molecular weight is 284 g/mol. The number of hydrogen-bond donors (Lipinski definition) is 1. The second kappa shape index (κ2) is 5.72. The highest BCUT2D eigenvalue weighted by Gasteiger charge is 2.19. The molecule has 1 aliphatic rings. The van der Waals surface area contributed by atoms with Gasteiger partial charge in [-0.05, 0) is 30.9 Å². The summed E-state index contributed by atoms with van der Waals surface area (Å²) in [6, 6.07) is 9.93. The topological polar surface area (TPSA) is 53.4 Å². The Hall–Kier alpha value is -2.10. The molecule has 21 heavy (non-hydrogen) atoms. The van der Waals surface area contributed by atoms with Crippen molar-refractivity contribution in [2.24, 2.45) is 5.92 Å². The van der Waals surface area contributed by atoms with Crippen molar-refractivity contribution in [2.45, 2.75) is 26.2 Å². The molecule has 0 atom stereocenters. The van der Waals surface area contributed by atoms with Crippen LogP contribution in [0.4, 0.5) is 5.69 Å². The van der Waals surface area contributed by atoms with Crippen LogP contribution >= 0.6 is 0 Å². The Morgan fingerprint density at radius 3 is 2.76 bits per heavy atom. The van der Waals surface area contributed by atoms with Gasteiger partial charge in [-0.15, -0.1) is 0 Å². The third kappa shape index (κ3) is 2.99. The predicted molar refractivity (Wildman–Crippen MR) is 83.7 cm³/mol. The van der Waals surface area contributed by atoms with E-state index in [1.165, 1.54) is 12.8 Å². The van der Waals surface area contributed by atoms with Gasteiger partial charge in [0.1, 0.15) is 0 Å². The second-order valence-corrected chi connectivity index (χ2v) is 5.89. The fourth-order valence-electron chi connectivity index (χ4n) is 2.97. The van der Waals surface area contributed by atoms with Gasteiger partial charge in [-0.25, -0.2) is 0 Å². The first-order valence-corrected chi connectivity index (χ1v) is 7.49. The molecule has 0 spiro atoms. The van der Waals surface area contributed by atoms with E-state index in [1.54, 1.807) is 0 Å². The number of carboxylic acid groups (broad SMARTS) is 1. The molecular formula is C17H20N2O2. The molecular weight excluding hydrogens is 264 g/mol. The van der Waals surface area contributed by atoms with E-state index < -0.39 is 5.97 Å². The van der Waals surface area contributed by atoms with Gasteiger partial charge in [0, 0.05) is 24.2 Å². The maximum Gasteiger partial charge on any atom is 0.309 e. The van der Waals surface area contributed by atoms with Gasteiger partial charge in [0.15, 0.2) is 0 Å². The van der Waals surface area contributed by atoms with Crippen molar-refractivity contribution in [2.75, 3.05) is 18.0 Å². The van der Waals surface area contributed by atoms with E-state index in [2.05, 4.69) is 22.9 Å². The molecule has 4 nitrogen and oxygen atoms in total. The SMILES string of the molecule is CC1CCN(c2cc(CC(=O)O)nc3ccccc23)CC1. The van der Waals surface area contributed by atoms with Crippen molar-refractivity contribution in [3.05, 3.63) is 36.0 Å². The summed E-state index contributed by atoms with van der Waals surface area (Å²) in [5, 5.41) is 10.1. The number of rotatable bonds is 3. The van der Waals surface area contributed by atoms with Gasteiger partial charge in [-0.3, -0.25) is 9.78 Å². The lowest BCUT2D eigenvalue weighted by Gasteiger charge is -2.33. The summed E-state index contributed by atoms with van der Waals surface area (Å²) in [6.07, 6.45) is 2.35. The van der Waals surface area contributed by atoms with E-state index in [9.17, 15) is 4.79 Å². The largest absolute Gasteiger partial charge is 0.481 e. The minimum atomic E-state index is -0.837. The van der Waals surface area contributed by atoms with Gasteiger partial charge in [0.2, 0.25) is 0 Å². The van der Waals surface area contributed by atoms with Gasteiger partial charge in [0.05, 0.1) is 17.6 Å². The number of piperidine rings is 1. The van der Waals surface area contributed by atoms with E-state index in [-0.39, 0.29) is 6.42 Å². The second-order valence-electron chi connectivity index (χ2n) is 5.89. The van der Waals surface area contributed by atoms with Crippen LogP contribution in [0.3, 0.4) is 0 Å². The summed E-state index contributed by atoms with van der Waals surface area (Å²) >= 11 is 0. The number of aliphatic carboxylic acids is 1. The summed E-state index contributed by atoms with van der Waals surface area (Å²) in [5.74, 6) is -0.0659. The number of carboxylic acids is 1. The summed E-state index contributed by atoms with van der Waals surface area (Å²) < 4.78 is 0. The minimum Gasteiger partial charge on any atom is -0.481 e. The molecule has 0 radical (unpaired) electrons. The van der Waals surface area contributed by atoms with Gasteiger partial charge >= 0.3 is 5.97 Å². The van der Waals surface area contributed by atoms with E-state index in [4.69, 9.17) is 5.11 Å². The van der Waals surface area contributed by atoms with Gasteiger partial charge in [-0.1, -0.05) is 25.1 Å². The number of carbonyl (C=O) groups is 1. The van der Waals surface area contributed by atoms with Crippen LogP contribution in [-0.2, 0) is 11.2 Å². The smallest absolute Gasteiger partial charge is 0.309 e. The molecule has 110 valence electrons. The summed E-state index contributed by atoms with van der Waals surface area (Å²) in [7, 11) is 0. The number of nitrogens with zero attached hydrogens (tertiary/aromatic N) is 2. The molecule has 1 aliphatic heterocycles. The lowest BCUT2D eigenvalue weighted by molar-refractivity contribution is -0.136. The number of fused-ring (bicyclic) bond motifs is 1. The molecule has 0 amide bonds. The Morgan fingerprint density at radius 2 is 2.05 bits per heavy atom. The molecule has 0 saturated carbocycles. The molecule has 0 bridgehead atoms. The summed E-state index contributed by atoms with van der Waals surface area (Å²) in [5.41, 5.74) is 2.64. The van der Waals surface area contributed by atoms with E-state index in [1.807, 2.05) is 24.3 Å². The summed E-state index contributed by atoms with van der Waals surface area (Å²) in [4.78, 5) is 17.8. The summed E-state index contributed by atoms with van der Waals surface area (Å²) in [6.45, 7) is 4.35. The van der Waals surface area contributed by atoms with Crippen molar-refractivity contribution in [3.63, 3.8) is 0 Å². The standard InChI is InChI=1S/C17H20N2O2/c1-12-6-8-19(9-7-12)16-10-13(11-17(20)21)18-15-5-3-2-4-14(15)16/h2-5,10,12H,6-9,11H2,1H3,(H,20,21). The Labute approximate surface area is 124 Å². The fourth-order valence-corrected chi connectivity index (χ4v) is 2.97. The van der Waals surface area contributed by atoms with Crippen LogP contribution in [0.1, 0.15) is 25.5 Å². The Balaban J connectivity index is 2.04. The molecule has 0 unspecified atom stereocenters. The van der Waals surface area contributed by atoms with Crippen molar-refractivity contribution < 1.29 is 9.90 Å². The number of benzene rings is 1. The quantitative estimate of drug-likeness (QED) is 0.941. The fraction of sp³-hybridized carbons (Fsp3) is 0.412. The third-order valence-electron chi connectivity index (χ3n) is 4.20. The van der Waals surface area contributed by atoms with Crippen LogP contribution in [0.2, 0.25) is 0 Å². The zero-order valence-corrected chi connectivity index (χ0v) is 12.2. The molecule has 1 aromatic carbocycles. The van der Waals surface area contributed by atoms with Crippen molar-refractivity contribution in [1.29, 1.82) is 0 Å². The minimum absolute atomic E-state index is 0.0257. The molecule has 3 rings (SSSR count). The molecule has 1 saturated heterocycles. The molecule has 2 heterocycles. The van der Waals surface area contributed by atoms with Gasteiger partial charge in [0.25, 0.3) is 0 Å². The molecule has 2 aromatic rings. The number of para-hydroxylation sites is 1. The van der Waals surface area contributed by atoms with Crippen LogP contribution < -0.4 is 4.90 Å². The van der Waals surface area contributed by atoms with Gasteiger partial charge in [-0.2, -0.15) is 0 Å². The van der Waals surface area contributed by atoms with Crippen LogP contribution in [0.5, 0.6) is 0 Å². The first kappa shape index (κ1) is 13.9. The number of pyridine rings is 1. The monoisotopic (exact) mass is 284 g/mol. The Kier molecular flexibility index (Phi) is 3.78. The van der Waals surface area contributed by atoms with Crippen LogP contribution in [0.15, 0.2) is 30.3 Å². The van der Waals surface area contributed by atoms with Crippen molar-refractivity contribution >= 4 is 22.6 Å². The average Bonchev–Trinajstić information content (AvgIpc) is 2.46. The van der Waals surface area contributed by atoms with Crippen molar-refractivity contribution in [3.8, 4) is 0 Å². The van der Waals surface area contributed by atoms with Crippen molar-refractivity contribution in [1.82, 2.24) is 4.98 Å². The highest BCUT2D eigenvalue weighted by atomic mass is 16.4. The first-order valence-electron chi connectivity index (χ1n) is 7.49. The van der Waals surface area contributed by atoms with Crippen LogP contribution in [0, 0.1) is 5.92 Å². The lowest BCUT2D eigenvalue weighted by Crippen LogP contribution is -2.33. The molecule has 0 aliphatic carbocycles. The predicted octanol–water partition coefficient (Wildman–Crippen LogP) is 3.10. The molecule has 1 aromatic heterocycles. The first-order chi connectivity index (χ1) is 10.1. The maximum absolute atomic E-state index is 11.0. The maximum atomic E-state index is 11.0. The van der Waals surface area contributed by atoms with Crippen LogP contribution in [-0.4, -0.2) is 29.1 Å². The van der Waals surface area contributed by atoms with E-state index in [0.29, 0.717) is 5.69 Å². The number of hydrogen-bond acceptors (Lipinski definition) is 3. The Bertz CT molecular complexity index is 661. The lowest BCUT2D eigenvalue weighted by atomic mass is 9.98. The highest BCUT2D eigenvalue weighted by Crippen LogP contribution is 2.30. The Morgan fingerprint density at radius 1 is 1.33 bits per heavy atom. The molecule has 1 N–H and O–H groups in total. The van der Waals surface area contributed by atoms with E-state index >= 15 is 0 Å². The van der Waals surface area contributed by atoms with Crippen LogP contribution in [0.25, 0.3) is 10.9 Å². The number of aromatic nitrogens is 1. The molecule has 4 heteroatoms. The zero-order valence-electron chi connectivity index (χ0n) is 12.2. The molecule has 1 fully saturated rings. The van der Waals surface area contributed by atoms with Gasteiger partial charge < -0.3 is 10.0 Å². The zero-order chi connectivity index (χ0) is 14.8. The normalized spacial score (nSPS) is 16.3.